The Balaban J connectivity index is 1.69. The van der Waals surface area contributed by atoms with Gasteiger partial charge in [-0.05, 0) is 48.6 Å². The second-order valence-corrected chi connectivity index (χ2v) is 14.0. The number of hydrogen-bond donors (Lipinski definition) is 5. The molecule has 0 fully saturated rings. The van der Waals surface area contributed by atoms with Gasteiger partial charge in [-0.2, -0.15) is 36.7 Å². The molecular weight excluding hydrogens is 765 g/mol. The summed E-state index contributed by atoms with van der Waals surface area (Å²) in [7, 11) is -8.41. The lowest BCUT2D eigenvalue weighted by atomic mass is 10.1. The van der Waals surface area contributed by atoms with Crippen LogP contribution in [0.1, 0.15) is 23.0 Å². The molecule has 3 aromatic rings. The number of carbonyl (C=O) groups excluding carboxylic acids is 2. The van der Waals surface area contributed by atoms with Gasteiger partial charge in [-0.25, -0.2) is 10.5 Å². The van der Waals surface area contributed by atoms with Gasteiger partial charge in [0.25, 0.3) is 26.1 Å². The Labute approximate surface area is 296 Å². The molecule has 1 aromatic heterocycles. The van der Waals surface area contributed by atoms with Gasteiger partial charge in [0, 0.05) is 23.8 Å². The number of nitrogens with zero attached hydrogens (tertiary/aromatic N) is 4. The Bertz CT molecular complexity index is 2180. The number of rotatable bonds is 16. The minimum atomic E-state index is -4.88. The van der Waals surface area contributed by atoms with E-state index >= 15 is 0 Å². The third-order valence-electron chi connectivity index (χ3n) is 6.41. The highest BCUT2D eigenvalue weighted by Gasteiger charge is 2.34. The van der Waals surface area contributed by atoms with Crippen LogP contribution in [0.3, 0.4) is 0 Å². The van der Waals surface area contributed by atoms with E-state index in [1.54, 1.807) is 0 Å². The maximum Gasteiger partial charge on any atom is 0.296 e. The van der Waals surface area contributed by atoms with Crippen molar-refractivity contribution in [2.75, 3.05) is 18.7 Å². The molecule has 0 saturated carbocycles. The van der Waals surface area contributed by atoms with E-state index in [4.69, 9.17) is 15.3 Å². The number of aromatic nitrogens is 2. The van der Waals surface area contributed by atoms with Crippen molar-refractivity contribution in [3.63, 3.8) is 0 Å². The van der Waals surface area contributed by atoms with Crippen molar-refractivity contribution in [3.05, 3.63) is 77.5 Å². The maximum atomic E-state index is 13.4. The standard InChI is InChI=1S/C27H24N4O16S4/c1-15(32)25-19(27(34)31(29-25)22-13-17(49-47-45-36)9-11-24(22)51(40,41)42)7-5-3-4-6-18-20(14-43-2)28-30(26(18)33)21-12-16(48-46-44-35)8-10-23(21)50(37,38)39/h3-13,34-36H,14H2,1-2H3,(H,37,38,39)(H,40,41,42)/b4-3+,7-5+,18-6+. The molecule has 5 N–H and O–H groups in total. The first kappa shape index (κ1) is 39.5. The largest absolute Gasteiger partial charge is 0.493 e. The summed E-state index contributed by atoms with van der Waals surface area (Å²) in [5, 5.41) is 43.8. The van der Waals surface area contributed by atoms with Gasteiger partial charge < -0.3 is 9.84 Å². The topological polar surface area (TPSA) is 283 Å². The van der Waals surface area contributed by atoms with Crippen LogP contribution in [0.4, 0.5) is 5.69 Å². The second kappa shape index (κ2) is 16.8. The average molecular weight is 789 g/mol. The highest BCUT2D eigenvalue weighted by molar-refractivity contribution is 7.94. The molecule has 0 bridgehead atoms. The van der Waals surface area contributed by atoms with Crippen LogP contribution in [0.5, 0.6) is 5.88 Å². The fourth-order valence-corrected chi connectivity index (χ4v) is 6.46. The molecule has 2 heterocycles. The Hall–Kier alpha value is -4.28. The lowest BCUT2D eigenvalue weighted by molar-refractivity contribution is -0.432. The predicted molar refractivity (Wildman–Crippen MR) is 176 cm³/mol. The number of hydrogen-bond acceptors (Lipinski definition) is 18. The van der Waals surface area contributed by atoms with E-state index in [0.29, 0.717) is 33.8 Å². The van der Waals surface area contributed by atoms with Crippen molar-refractivity contribution in [1.82, 2.24) is 9.78 Å². The normalized spacial score (nSPS) is 14.8. The smallest absolute Gasteiger partial charge is 0.296 e. The van der Waals surface area contributed by atoms with Crippen molar-refractivity contribution in [1.29, 1.82) is 0 Å². The second-order valence-electron chi connectivity index (χ2n) is 9.64. The van der Waals surface area contributed by atoms with E-state index in [2.05, 4.69) is 28.9 Å². The molecule has 51 heavy (non-hydrogen) atoms. The predicted octanol–water partition coefficient (Wildman–Crippen LogP) is 3.68. The van der Waals surface area contributed by atoms with E-state index in [1.165, 1.54) is 49.6 Å². The van der Waals surface area contributed by atoms with E-state index in [0.717, 1.165) is 31.2 Å². The lowest BCUT2D eigenvalue weighted by Gasteiger charge is -2.15. The molecule has 0 saturated heterocycles. The molecule has 24 heteroatoms. The summed E-state index contributed by atoms with van der Waals surface area (Å²) < 4.78 is 82.3. The summed E-state index contributed by atoms with van der Waals surface area (Å²) in [6.07, 6.45) is 6.60. The summed E-state index contributed by atoms with van der Waals surface area (Å²) in [5.74, 6) is -2.17. The Kier molecular flexibility index (Phi) is 13.0. The number of hydrazone groups is 1. The summed E-state index contributed by atoms with van der Waals surface area (Å²) in [4.78, 5) is 24.8. The van der Waals surface area contributed by atoms with Gasteiger partial charge in [-0.1, -0.05) is 28.3 Å². The molecule has 1 amide bonds. The first-order valence-electron chi connectivity index (χ1n) is 13.4. The molecule has 0 unspecified atom stereocenters. The molecule has 0 spiro atoms. The number of amides is 1. The van der Waals surface area contributed by atoms with Gasteiger partial charge in [0.2, 0.25) is 5.88 Å². The van der Waals surface area contributed by atoms with Gasteiger partial charge in [0.1, 0.15) is 15.5 Å². The third-order valence-corrected chi connectivity index (χ3v) is 9.36. The monoisotopic (exact) mass is 788 g/mol. The molecule has 272 valence electrons. The molecule has 2 aromatic carbocycles. The summed E-state index contributed by atoms with van der Waals surface area (Å²) >= 11 is 0.899. The Morgan fingerprint density at radius 1 is 0.902 bits per heavy atom. The molecule has 1 aliphatic rings. The summed E-state index contributed by atoms with van der Waals surface area (Å²) in [5.41, 5.74) is -1.21. The number of allylic oxidation sites excluding steroid dienone is 4. The summed E-state index contributed by atoms with van der Waals surface area (Å²) in [6.45, 7) is 0.934. The molecule has 0 radical (unpaired) electrons. The van der Waals surface area contributed by atoms with Gasteiger partial charge >= 0.3 is 0 Å². The van der Waals surface area contributed by atoms with Crippen molar-refractivity contribution in [3.8, 4) is 11.6 Å². The molecule has 4 rings (SSSR count). The van der Waals surface area contributed by atoms with Gasteiger partial charge in [-0.15, -0.1) is 8.67 Å². The molecule has 0 atom stereocenters. The summed E-state index contributed by atoms with van der Waals surface area (Å²) in [6, 6.07) is 6.56. The fraction of sp³-hybridized carbons (Fsp3) is 0.111. The molecule has 0 aliphatic carbocycles. The van der Waals surface area contributed by atoms with Crippen LogP contribution >= 0.6 is 24.1 Å². The number of anilines is 1. The average Bonchev–Trinajstić information content (AvgIpc) is 3.56. The number of aromatic hydroxyl groups is 1. The number of methoxy groups -OCH3 is 1. The number of Topliss-reactive ketones (excluding diaryl/α,β-unsaturated/α-hetero) is 1. The molecular formula is C27H24N4O16S4. The van der Waals surface area contributed by atoms with Crippen LogP contribution in [0.2, 0.25) is 0 Å². The first-order valence-corrected chi connectivity index (χ1v) is 17.8. The molecule has 1 aliphatic heterocycles. The van der Waals surface area contributed by atoms with Crippen molar-refractivity contribution in [2.24, 2.45) is 5.10 Å². The minimum absolute atomic E-state index is 0.0538. The van der Waals surface area contributed by atoms with Gasteiger partial charge in [0.05, 0.1) is 58.9 Å². The maximum absolute atomic E-state index is 13.4. The number of ether oxygens (including phenoxy) is 1. The number of ketones is 1. The van der Waals surface area contributed by atoms with Crippen LogP contribution in [-0.4, -0.2) is 82.5 Å². The van der Waals surface area contributed by atoms with Crippen LogP contribution < -0.4 is 5.01 Å². The zero-order chi connectivity index (χ0) is 37.5. The van der Waals surface area contributed by atoms with Crippen molar-refractivity contribution < 1.29 is 74.6 Å². The van der Waals surface area contributed by atoms with Crippen LogP contribution in [0, 0.1) is 0 Å². The molecule has 20 nitrogen and oxygen atoms in total. The Morgan fingerprint density at radius 2 is 1.47 bits per heavy atom. The quantitative estimate of drug-likeness (QED) is 0.0263. The van der Waals surface area contributed by atoms with Gasteiger partial charge in [-0.3, -0.25) is 18.7 Å². The fourth-order valence-electron chi connectivity index (χ4n) is 4.38. The zero-order valence-corrected chi connectivity index (χ0v) is 29.0. The number of carbonyl (C=O) groups is 2. The van der Waals surface area contributed by atoms with Gasteiger partial charge in [0.15, 0.2) is 5.78 Å². The van der Waals surface area contributed by atoms with E-state index < -0.39 is 53.3 Å². The van der Waals surface area contributed by atoms with Crippen molar-refractivity contribution in [2.45, 2.75) is 26.5 Å². The van der Waals surface area contributed by atoms with Crippen molar-refractivity contribution >= 4 is 73.5 Å². The number of benzene rings is 2. The first-order chi connectivity index (χ1) is 24.1. The van der Waals surface area contributed by atoms with E-state index in [9.17, 15) is 40.6 Å². The van der Waals surface area contributed by atoms with Crippen LogP contribution in [0.15, 0.2) is 91.0 Å². The third kappa shape index (κ3) is 9.34. The highest BCUT2D eigenvalue weighted by Crippen LogP contribution is 2.35. The van der Waals surface area contributed by atoms with E-state index in [-0.39, 0.29) is 44.6 Å². The highest BCUT2D eigenvalue weighted by atomic mass is 32.2. The lowest BCUT2D eigenvalue weighted by Crippen LogP contribution is -2.23. The SMILES string of the molecule is COCC1=NN(c2cc(SOOO)ccc2S(=O)(=O)O)C(=O)/C1=C/C=C/C=C/c1c(C(C)=O)nn(-c2cc(SOOO)ccc2S(=O)(=O)O)c1O. The zero-order valence-electron chi connectivity index (χ0n) is 25.7. The minimum Gasteiger partial charge on any atom is -0.493 e. The van der Waals surface area contributed by atoms with E-state index in [1.807, 2.05) is 0 Å². The van der Waals surface area contributed by atoms with Crippen LogP contribution in [0.25, 0.3) is 11.8 Å². The Morgan fingerprint density at radius 3 is 2.00 bits per heavy atom. The van der Waals surface area contributed by atoms with Crippen LogP contribution in [-0.2, 0) is 48.5 Å².